The second-order valence-electron chi connectivity index (χ2n) is 7.79. The van der Waals surface area contributed by atoms with E-state index in [0.717, 1.165) is 0 Å². The number of hydrogen-bond donors (Lipinski definition) is 2. The number of Topliss-reactive ketones (excluding diaryl/α,β-unsaturated/α-hetero) is 1. The Labute approximate surface area is 218 Å². The molecule has 0 bridgehead atoms. The van der Waals surface area contributed by atoms with Gasteiger partial charge in [-0.05, 0) is 37.1 Å². The summed E-state index contributed by atoms with van der Waals surface area (Å²) >= 11 is 12.7. The molecule has 0 radical (unpaired) electrons. The van der Waals surface area contributed by atoms with Crippen molar-refractivity contribution in [2.45, 2.75) is 19.4 Å². The van der Waals surface area contributed by atoms with Crippen LogP contribution >= 0.6 is 23.2 Å². The van der Waals surface area contributed by atoms with Crippen LogP contribution in [0, 0.1) is 0 Å². The van der Waals surface area contributed by atoms with Gasteiger partial charge in [-0.25, -0.2) is 0 Å². The van der Waals surface area contributed by atoms with Gasteiger partial charge in [-0.2, -0.15) is 0 Å². The number of carbonyl (C=O) groups is 2. The highest BCUT2D eigenvalue weighted by molar-refractivity contribution is 6.47. The zero-order valence-corrected chi connectivity index (χ0v) is 21.8. The molecule has 11 heteroatoms. The summed E-state index contributed by atoms with van der Waals surface area (Å²) in [6.45, 7) is 2.57. The van der Waals surface area contributed by atoms with Crippen LogP contribution in [0.5, 0.6) is 23.0 Å². The lowest BCUT2D eigenvalue weighted by Gasteiger charge is -2.26. The minimum Gasteiger partial charge on any atom is -0.507 e. The summed E-state index contributed by atoms with van der Waals surface area (Å²) in [4.78, 5) is 27.7. The zero-order chi connectivity index (χ0) is 26.6. The Morgan fingerprint density at radius 3 is 2.39 bits per heavy atom. The van der Waals surface area contributed by atoms with Crippen molar-refractivity contribution in [3.05, 3.63) is 51.0 Å². The first-order valence-corrected chi connectivity index (χ1v) is 11.8. The smallest absolute Gasteiger partial charge is 0.295 e. The maximum Gasteiger partial charge on any atom is 0.295 e. The topological polar surface area (TPSA) is 115 Å². The SMILES string of the molecule is CCOc1cc(C2/C(=C(\O)c3cc(Cl)c(OC)c(Cl)c3OC)C(=O)C(=O)N2CCCOC)ccc1O. The van der Waals surface area contributed by atoms with Gasteiger partial charge in [0.25, 0.3) is 11.7 Å². The number of hydrogen-bond acceptors (Lipinski definition) is 8. The summed E-state index contributed by atoms with van der Waals surface area (Å²) < 4.78 is 21.2. The number of methoxy groups -OCH3 is 3. The highest BCUT2D eigenvalue weighted by Gasteiger charge is 2.46. The van der Waals surface area contributed by atoms with E-state index >= 15 is 0 Å². The van der Waals surface area contributed by atoms with Crippen molar-refractivity contribution in [1.29, 1.82) is 0 Å². The van der Waals surface area contributed by atoms with Crippen LogP contribution < -0.4 is 14.2 Å². The highest BCUT2D eigenvalue weighted by atomic mass is 35.5. The van der Waals surface area contributed by atoms with Crippen molar-refractivity contribution in [2.75, 3.05) is 41.1 Å². The standard InChI is InChI=1S/C25H27Cl2NO8/c1-5-36-17-11-13(7-8-16(17)29)20-18(22(31)25(32)28(20)9-6-10-33-2)21(30)14-12-15(26)24(35-4)19(27)23(14)34-3/h7-8,11-12,20,29-30H,5-6,9-10H2,1-4H3/b21-18+. The second-order valence-corrected chi connectivity index (χ2v) is 8.57. The third kappa shape index (κ3) is 5.04. The Morgan fingerprint density at radius 2 is 1.78 bits per heavy atom. The molecular formula is C25H27Cl2NO8. The number of aliphatic hydroxyl groups is 1. The molecule has 1 fully saturated rings. The first-order chi connectivity index (χ1) is 17.2. The Morgan fingerprint density at radius 1 is 1.08 bits per heavy atom. The number of phenols is 1. The first-order valence-electron chi connectivity index (χ1n) is 11.0. The van der Waals surface area contributed by atoms with Gasteiger partial charge in [0.15, 0.2) is 23.0 Å². The summed E-state index contributed by atoms with van der Waals surface area (Å²) in [5, 5.41) is 21.7. The molecule has 1 amide bonds. The molecule has 1 aliphatic rings. The molecule has 1 atom stereocenters. The van der Waals surface area contributed by atoms with Gasteiger partial charge in [-0.1, -0.05) is 29.3 Å². The molecule has 1 heterocycles. The predicted molar refractivity (Wildman–Crippen MR) is 134 cm³/mol. The maximum atomic E-state index is 13.3. The molecule has 2 aromatic rings. The third-order valence-electron chi connectivity index (χ3n) is 5.68. The Bertz CT molecular complexity index is 1200. The molecule has 3 rings (SSSR count). The van der Waals surface area contributed by atoms with Crippen molar-refractivity contribution in [3.63, 3.8) is 0 Å². The van der Waals surface area contributed by atoms with E-state index in [4.69, 9.17) is 42.1 Å². The lowest BCUT2D eigenvalue weighted by atomic mass is 9.94. The highest BCUT2D eigenvalue weighted by Crippen LogP contribution is 2.47. The van der Waals surface area contributed by atoms with E-state index < -0.39 is 23.5 Å². The predicted octanol–water partition coefficient (Wildman–Crippen LogP) is 4.57. The number of aromatic hydroxyl groups is 1. The van der Waals surface area contributed by atoms with Crippen molar-refractivity contribution in [3.8, 4) is 23.0 Å². The number of amides is 1. The number of halogens is 2. The molecule has 0 saturated carbocycles. The number of benzene rings is 2. The Kier molecular flexibility index (Phi) is 8.94. The summed E-state index contributed by atoms with van der Waals surface area (Å²) in [5.74, 6) is -2.01. The zero-order valence-electron chi connectivity index (χ0n) is 20.3. The molecule has 194 valence electrons. The van der Waals surface area contributed by atoms with E-state index in [0.29, 0.717) is 18.6 Å². The average Bonchev–Trinajstić information content (AvgIpc) is 3.10. The van der Waals surface area contributed by atoms with E-state index in [1.54, 1.807) is 13.0 Å². The molecule has 36 heavy (non-hydrogen) atoms. The molecule has 2 aromatic carbocycles. The van der Waals surface area contributed by atoms with Gasteiger partial charge in [0.2, 0.25) is 0 Å². The van der Waals surface area contributed by atoms with Gasteiger partial charge >= 0.3 is 0 Å². The Hall–Kier alpha value is -3.14. The molecule has 0 aliphatic carbocycles. The molecule has 1 aliphatic heterocycles. The number of rotatable bonds is 10. The van der Waals surface area contributed by atoms with Gasteiger partial charge < -0.3 is 34.1 Å². The van der Waals surface area contributed by atoms with E-state index in [-0.39, 0.29) is 57.3 Å². The number of likely N-dealkylation sites (tertiary alicyclic amines) is 1. The average molecular weight is 540 g/mol. The van der Waals surface area contributed by atoms with E-state index in [1.165, 1.54) is 44.4 Å². The van der Waals surface area contributed by atoms with Crippen LogP contribution in [0.2, 0.25) is 10.0 Å². The van der Waals surface area contributed by atoms with Crippen LogP contribution in [0.3, 0.4) is 0 Å². The molecule has 9 nitrogen and oxygen atoms in total. The van der Waals surface area contributed by atoms with E-state index in [1.807, 2.05) is 0 Å². The monoisotopic (exact) mass is 539 g/mol. The maximum absolute atomic E-state index is 13.3. The van der Waals surface area contributed by atoms with Crippen LogP contribution in [-0.2, 0) is 14.3 Å². The quantitative estimate of drug-likeness (QED) is 0.195. The number of ketones is 1. The lowest BCUT2D eigenvalue weighted by Crippen LogP contribution is -2.31. The van der Waals surface area contributed by atoms with Crippen molar-refractivity contribution < 1.29 is 38.7 Å². The number of aliphatic hydroxyl groups excluding tert-OH is 1. The molecular weight excluding hydrogens is 513 g/mol. The Balaban J connectivity index is 2.28. The summed E-state index contributed by atoms with van der Waals surface area (Å²) in [6.07, 6.45) is 0.444. The van der Waals surface area contributed by atoms with Gasteiger partial charge in [-0.15, -0.1) is 0 Å². The number of nitrogens with zero attached hydrogens (tertiary/aromatic N) is 1. The second kappa shape index (κ2) is 11.7. The van der Waals surface area contributed by atoms with Gasteiger partial charge in [0.05, 0.1) is 43.0 Å². The first kappa shape index (κ1) is 27.4. The van der Waals surface area contributed by atoms with Gasteiger partial charge in [0.1, 0.15) is 10.8 Å². The third-order valence-corrected chi connectivity index (χ3v) is 6.31. The fraction of sp³-hybridized carbons (Fsp3) is 0.360. The minimum atomic E-state index is -0.994. The van der Waals surface area contributed by atoms with Crippen molar-refractivity contribution in [1.82, 2.24) is 4.90 Å². The normalized spacial score (nSPS) is 16.9. The summed E-state index contributed by atoms with van der Waals surface area (Å²) in [5.41, 5.74) is 0.261. The van der Waals surface area contributed by atoms with Gasteiger partial charge in [-0.3, -0.25) is 9.59 Å². The molecule has 0 spiro atoms. The fourth-order valence-electron chi connectivity index (χ4n) is 4.10. The summed E-state index contributed by atoms with van der Waals surface area (Å²) in [7, 11) is 4.24. The van der Waals surface area contributed by atoms with Crippen LogP contribution in [-0.4, -0.2) is 67.9 Å². The molecule has 2 N–H and O–H groups in total. The number of phenolic OH excluding ortho intramolecular Hbond substituents is 1. The fourth-order valence-corrected chi connectivity index (χ4v) is 4.79. The van der Waals surface area contributed by atoms with Crippen molar-refractivity contribution >= 4 is 40.7 Å². The van der Waals surface area contributed by atoms with Gasteiger partial charge in [0, 0.05) is 20.3 Å². The molecule has 1 saturated heterocycles. The number of carbonyl (C=O) groups excluding carboxylic acids is 2. The number of ether oxygens (including phenoxy) is 4. The van der Waals surface area contributed by atoms with Crippen LogP contribution in [0.1, 0.15) is 30.5 Å². The van der Waals surface area contributed by atoms with E-state index in [2.05, 4.69) is 0 Å². The van der Waals surface area contributed by atoms with Crippen molar-refractivity contribution in [2.24, 2.45) is 0 Å². The summed E-state index contributed by atoms with van der Waals surface area (Å²) in [6, 6.07) is 4.83. The van der Waals surface area contributed by atoms with E-state index in [9.17, 15) is 19.8 Å². The van der Waals surface area contributed by atoms with Crippen LogP contribution in [0.4, 0.5) is 0 Å². The molecule has 1 unspecified atom stereocenters. The van der Waals surface area contributed by atoms with Crippen LogP contribution in [0.15, 0.2) is 29.8 Å². The largest absolute Gasteiger partial charge is 0.507 e. The molecule has 0 aromatic heterocycles. The lowest BCUT2D eigenvalue weighted by molar-refractivity contribution is -0.140. The minimum absolute atomic E-state index is 0.0109. The van der Waals surface area contributed by atoms with Crippen LogP contribution in [0.25, 0.3) is 5.76 Å².